The molecule has 2 rings (SSSR count). The number of methoxy groups -OCH3 is 2. The molecule has 0 aliphatic heterocycles. The molecule has 0 atom stereocenters. The molecule has 0 spiro atoms. The fourth-order valence-electron chi connectivity index (χ4n) is 1.86. The molecule has 0 aliphatic rings. The second-order valence-corrected chi connectivity index (χ2v) is 3.98. The van der Waals surface area contributed by atoms with E-state index in [9.17, 15) is 4.79 Å². The molecule has 0 aliphatic carbocycles. The highest BCUT2D eigenvalue weighted by Crippen LogP contribution is 2.25. The fraction of sp³-hybridized carbons (Fsp3) is 0.143. The smallest absolute Gasteiger partial charge is 0.357 e. The first kappa shape index (κ1) is 13.5. The summed E-state index contributed by atoms with van der Waals surface area (Å²) in [6.45, 7) is 0. The van der Waals surface area contributed by atoms with Crippen LogP contribution in [0.1, 0.15) is 16.1 Å². The summed E-state index contributed by atoms with van der Waals surface area (Å²) in [6.07, 6.45) is 1.50. The van der Waals surface area contributed by atoms with Crippen molar-refractivity contribution in [2.24, 2.45) is 0 Å². The average Bonchev–Trinajstić information content (AvgIpc) is 2.83. The fourth-order valence-corrected chi connectivity index (χ4v) is 1.86. The number of hydrogen-bond acceptors (Lipinski definition) is 5. The summed E-state index contributed by atoms with van der Waals surface area (Å²) in [5, 5.41) is 9.02. The number of hydrogen-bond donors (Lipinski definition) is 1. The molecule has 102 valence electrons. The molecular weight excluding hydrogens is 258 g/mol. The zero-order valence-electron chi connectivity index (χ0n) is 11.1. The highest BCUT2D eigenvalue weighted by atomic mass is 16.5. The molecule has 0 saturated heterocycles. The highest BCUT2D eigenvalue weighted by Gasteiger charge is 2.21. The minimum absolute atomic E-state index is 0.107. The van der Waals surface area contributed by atoms with E-state index in [1.54, 1.807) is 31.4 Å². The number of aromatic nitrogens is 1. The molecule has 0 bridgehead atoms. The Labute approximate surface area is 115 Å². The van der Waals surface area contributed by atoms with E-state index in [-0.39, 0.29) is 16.9 Å². The number of nitrogens with zero attached hydrogens (tertiary/aromatic N) is 2. The lowest BCUT2D eigenvalue weighted by atomic mass is 10.2. The van der Waals surface area contributed by atoms with Crippen molar-refractivity contribution >= 4 is 11.7 Å². The van der Waals surface area contributed by atoms with Crippen molar-refractivity contribution < 1.29 is 14.3 Å². The lowest BCUT2D eigenvalue weighted by Gasteiger charge is -2.09. The molecular formula is C14H13N3O3. The molecule has 1 aromatic heterocycles. The summed E-state index contributed by atoms with van der Waals surface area (Å²) < 4.78 is 11.3. The van der Waals surface area contributed by atoms with Crippen molar-refractivity contribution in [3.63, 3.8) is 0 Å². The van der Waals surface area contributed by atoms with Gasteiger partial charge in [-0.15, -0.1) is 0 Å². The van der Waals surface area contributed by atoms with Gasteiger partial charge in [-0.05, 0) is 24.3 Å². The van der Waals surface area contributed by atoms with E-state index in [2.05, 4.69) is 0 Å². The third-order valence-electron chi connectivity index (χ3n) is 2.89. The van der Waals surface area contributed by atoms with E-state index in [4.69, 9.17) is 20.5 Å². The van der Waals surface area contributed by atoms with E-state index in [1.807, 2.05) is 6.07 Å². The maximum absolute atomic E-state index is 11.8. The first-order chi connectivity index (χ1) is 9.62. The number of ether oxygens (including phenoxy) is 2. The molecule has 6 nitrogen and oxygen atoms in total. The molecule has 1 aromatic carbocycles. The van der Waals surface area contributed by atoms with Crippen molar-refractivity contribution in [1.82, 2.24) is 4.57 Å². The normalized spacial score (nSPS) is 9.85. The summed E-state index contributed by atoms with van der Waals surface area (Å²) >= 11 is 0. The van der Waals surface area contributed by atoms with Gasteiger partial charge in [0.05, 0.1) is 25.5 Å². The number of anilines is 1. The standard InChI is InChI=1S/C14H13N3O3/c1-19-11-5-3-10(4-6-11)17-8-9(7-15)12(16)13(17)14(18)20-2/h3-6,8H,16H2,1-2H3. The number of nitrogens with two attached hydrogens (primary N) is 1. The van der Waals surface area contributed by atoms with Gasteiger partial charge in [-0.3, -0.25) is 0 Å². The van der Waals surface area contributed by atoms with Gasteiger partial charge in [-0.25, -0.2) is 4.79 Å². The van der Waals surface area contributed by atoms with Gasteiger partial charge in [0.1, 0.15) is 11.8 Å². The molecule has 2 aromatic rings. The van der Waals surface area contributed by atoms with Crippen LogP contribution in [-0.2, 0) is 4.74 Å². The predicted octanol–water partition coefficient (Wildman–Crippen LogP) is 1.73. The maximum atomic E-state index is 11.8. The molecule has 0 unspecified atom stereocenters. The van der Waals surface area contributed by atoms with Crippen LogP contribution in [0.15, 0.2) is 30.5 Å². The van der Waals surface area contributed by atoms with Gasteiger partial charge in [-0.2, -0.15) is 5.26 Å². The second-order valence-electron chi connectivity index (χ2n) is 3.98. The van der Waals surface area contributed by atoms with E-state index in [1.165, 1.54) is 17.9 Å². The Bertz CT molecular complexity index is 681. The van der Waals surface area contributed by atoms with Crippen molar-refractivity contribution in [1.29, 1.82) is 5.26 Å². The van der Waals surface area contributed by atoms with Crippen LogP contribution in [0.3, 0.4) is 0 Å². The van der Waals surface area contributed by atoms with Gasteiger partial charge in [0.25, 0.3) is 0 Å². The third kappa shape index (κ3) is 2.17. The predicted molar refractivity (Wildman–Crippen MR) is 72.8 cm³/mol. The molecule has 0 fully saturated rings. The molecule has 0 saturated carbocycles. The summed E-state index contributed by atoms with van der Waals surface area (Å²) in [5.74, 6) is 0.0915. The zero-order valence-corrected chi connectivity index (χ0v) is 11.1. The number of carbonyl (C=O) groups is 1. The number of esters is 1. The first-order valence-electron chi connectivity index (χ1n) is 5.76. The summed E-state index contributed by atoms with van der Waals surface area (Å²) in [6, 6.07) is 8.96. The summed E-state index contributed by atoms with van der Waals surface area (Å²) in [4.78, 5) is 11.8. The molecule has 2 N–H and O–H groups in total. The summed E-state index contributed by atoms with van der Waals surface area (Å²) in [5.41, 5.74) is 6.96. The van der Waals surface area contributed by atoms with Gasteiger partial charge in [0.15, 0.2) is 5.69 Å². The summed E-state index contributed by atoms with van der Waals surface area (Å²) in [7, 11) is 2.83. The molecule has 0 amide bonds. The van der Waals surface area contributed by atoms with Crippen LogP contribution in [0.5, 0.6) is 5.75 Å². The molecule has 1 heterocycles. The third-order valence-corrected chi connectivity index (χ3v) is 2.89. The van der Waals surface area contributed by atoms with Gasteiger partial charge in [-0.1, -0.05) is 0 Å². The molecule has 20 heavy (non-hydrogen) atoms. The highest BCUT2D eigenvalue weighted by molar-refractivity contribution is 5.95. The van der Waals surface area contributed by atoms with Gasteiger partial charge < -0.3 is 19.8 Å². The van der Waals surface area contributed by atoms with Gasteiger partial charge in [0, 0.05) is 11.9 Å². The number of carbonyl (C=O) groups excluding carboxylic acids is 1. The van der Waals surface area contributed by atoms with Gasteiger partial charge in [0.2, 0.25) is 0 Å². The van der Waals surface area contributed by atoms with Crippen LogP contribution in [0.4, 0.5) is 5.69 Å². The second kappa shape index (κ2) is 5.36. The minimum atomic E-state index is -0.597. The maximum Gasteiger partial charge on any atom is 0.357 e. The van der Waals surface area contributed by atoms with Crippen molar-refractivity contribution in [3.8, 4) is 17.5 Å². The lowest BCUT2D eigenvalue weighted by molar-refractivity contribution is 0.0593. The average molecular weight is 271 g/mol. The molecule has 0 radical (unpaired) electrons. The Morgan fingerprint density at radius 1 is 1.30 bits per heavy atom. The Hall–Kier alpha value is -2.94. The Kier molecular flexibility index (Phi) is 3.62. The largest absolute Gasteiger partial charge is 0.497 e. The topological polar surface area (TPSA) is 90.3 Å². The van der Waals surface area contributed by atoms with E-state index in [0.717, 1.165) is 0 Å². The van der Waals surface area contributed by atoms with Gasteiger partial charge >= 0.3 is 5.97 Å². The quantitative estimate of drug-likeness (QED) is 0.858. The zero-order chi connectivity index (χ0) is 14.7. The van der Waals surface area contributed by atoms with Crippen LogP contribution >= 0.6 is 0 Å². The van der Waals surface area contributed by atoms with E-state index in [0.29, 0.717) is 11.4 Å². The number of rotatable bonds is 3. The van der Waals surface area contributed by atoms with Crippen molar-refractivity contribution in [2.75, 3.05) is 20.0 Å². The van der Waals surface area contributed by atoms with E-state index >= 15 is 0 Å². The number of benzene rings is 1. The lowest BCUT2D eigenvalue weighted by Crippen LogP contribution is -2.11. The first-order valence-corrected chi connectivity index (χ1v) is 5.76. The van der Waals surface area contributed by atoms with Crippen LogP contribution in [0.2, 0.25) is 0 Å². The van der Waals surface area contributed by atoms with Crippen LogP contribution in [0.25, 0.3) is 5.69 Å². The Morgan fingerprint density at radius 3 is 2.45 bits per heavy atom. The van der Waals surface area contributed by atoms with Crippen molar-refractivity contribution in [2.45, 2.75) is 0 Å². The van der Waals surface area contributed by atoms with Crippen molar-refractivity contribution in [3.05, 3.63) is 41.7 Å². The minimum Gasteiger partial charge on any atom is -0.497 e. The van der Waals surface area contributed by atoms with Crippen LogP contribution < -0.4 is 10.5 Å². The Morgan fingerprint density at radius 2 is 1.95 bits per heavy atom. The SMILES string of the molecule is COC(=O)c1c(N)c(C#N)cn1-c1ccc(OC)cc1. The number of nitrogen functional groups attached to an aromatic ring is 1. The van der Waals surface area contributed by atoms with Crippen LogP contribution in [-0.4, -0.2) is 24.8 Å². The monoisotopic (exact) mass is 271 g/mol. The Balaban J connectivity index is 2.60. The van der Waals surface area contributed by atoms with E-state index < -0.39 is 5.97 Å². The molecule has 6 heteroatoms. The van der Waals surface area contributed by atoms with Crippen LogP contribution in [0, 0.1) is 11.3 Å². The number of nitriles is 1.